The van der Waals surface area contributed by atoms with Gasteiger partial charge in [-0.3, -0.25) is 30.6 Å². The lowest BCUT2D eigenvalue weighted by molar-refractivity contribution is -0.124. The van der Waals surface area contributed by atoms with Gasteiger partial charge in [0.25, 0.3) is 5.91 Å². The third kappa shape index (κ3) is 7.51. The second-order valence-corrected chi connectivity index (χ2v) is 6.98. The summed E-state index contributed by atoms with van der Waals surface area (Å²) in [5.41, 5.74) is 5.77. The molecule has 0 unspecified atom stereocenters. The quantitative estimate of drug-likeness (QED) is 0.375. The molecule has 0 saturated heterocycles. The Bertz CT molecular complexity index is 908. The Hall–Kier alpha value is -2.98. The molecule has 0 aromatic heterocycles. The van der Waals surface area contributed by atoms with Gasteiger partial charge in [0.05, 0.1) is 11.6 Å². The number of halogens is 1. The highest BCUT2D eigenvalue weighted by molar-refractivity contribution is 9.10. The van der Waals surface area contributed by atoms with Crippen LogP contribution in [0.4, 0.5) is 5.69 Å². The fourth-order valence-corrected chi connectivity index (χ4v) is 2.86. The number of methoxy groups -OCH3 is 1. The van der Waals surface area contributed by atoms with E-state index in [0.29, 0.717) is 21.5 Å². The molecule has 0 atom stereocenters. The van der Waals surface area contributed by atoms with E-state index in [1.165, 1.54) is 7.11 Å². The van der Waals surface area contributed by atoms with Gasteiger partial charge >= 0.3 is 0 Å². The standard InChI is InChI=1S/C19H19BrN4O4S/c1-28-15-8-7-12(11-14(15)20)18(27)22-19(29)24-23-17(26)10-9-16(25)21-13-5-3-2-4-6-13/h2-8,11H,9-10H2,1H3,(H,21,25)(H,23,26)(H2,22,24,27,29). The number of nitrogens with one attached hydrogen (secondary N) is 4. The number of amides is 3. The summed E-state index contributed by atoms with van der Waals surface area (Å²) in [6, 6.07) is 13.7. The molecule has 0 spiro atoms. The van der Waals surface area contributed by atoms with Crippen molar-refractivity contribution in [1.29, 1.82) is 0 Å². The number of carbonyl (C=O) groups is 3. The molecule has 152 valence electrons. The van der Waals surface area contributed by atoms with Crippen molar-refractivity contribution in [2.45, 2.75) is 12.8 Å². The van der Waals surface area contributed by atoms with E-state index < -0.39 is 11.8 Å². The highest BCUT2D eigenvalue weighted by Crippen LogP contribution is 2.25. The van der Waals surface area contributed by atoms with Gasteiger partial charge in [0, 0.05) is 24.1 Å². The number of carbonyl (C=O) groups excluding carboxylic acids is 3. The molecule has 0 saturated carbocycles. The first kappa shape index (κ1) is 22.3. The predicted octanol–water partition coefficient (Wildman–Crippen LogP) is 2.51. The molecule has 0 fully saturated rings. The minimum Gasteiger partial charge on any atom is -0.496 e. The molecule has 3 amide bonds. The van der Waals surface area contributed by atoms with Gasteiger partial charge in [-0.25, -0.2) is 0 Å². The van der Waals surface area contributed by atoms with Crippen molar-refractivity contribution >= 4 is 56.7 Å². The average Bonchev–Trinajstić information content (AvgIpc) is 2.71. The van der Waals surface area contributed by atoms with Crippen molar-refractivity contribution in [1.82, 2.24) is 16.2 Å². The Labute approximate surface area is 181 Å². The number of anilines is 1. The lowest BCUT2D eigenvalue weighted by Gasteiger charge is -2.11. The van der Waals surface area contributed by atoms with Gasteiger partial charge in [0.15, 0.2) is 5.11 Å². The Balaban J connectivity index is 1.71. The molecular formula is C19H19BrN4O4S. The molecule has 0 aliphatic carbocycles. The molecule has 2 aromatic rings. The van der Waals surface area contributed by atoms with Crippen LogP contribution in [0.5, 0.6) is 5.75 Å². The Morgan fingerprint density at radius 2 is 1.69 bits per heavy atom. The highest BCUT2D eigenvalue weighted by atomic mass is 79.9. The maximum atomic E-state index is 12.2. The summed E-state index contributed by atoms with van der Waals surface area (Å²) in [6.07, 6.45) is -0.0466. The van der Waals surface area contributed by atoms with Crippen molar-refractivity contribution in [2.24, 2.45) is 0 Å². The minimum absolute atomic E-state index is 0.00139. The van der Waals surface area contributed by atoms with E-state index in [1.807, 2.05) is 6.07 Å². The molecule has 0 aliphatic heterocycles. The molecule has 4 N–H and O–H groups in total. The number of rotatable bonds is 6. The van der Waals surface area contributed by atoms with Gasteiger partial charge in [-0.2, -0.15) is 0 Å². The smallest absolute Gasteiger partial charge is 0.257 e. The Kier molecular flexibility index (Phi) is 8.56. The number of ether oxygens (including phenoxy) is 1. The summed E-state index contributed by atoms with van der Waals surface area (Å²) < 4.78 is 5.73. The summed E-state index contributed by atoms with van der Waals surface area (Å²) in [4.78, 5) is 35.8. The number of hydrogen-bond donors (Lipinski definition) is 4. The second-order valence-electron chi connectivity index (χ2n) is 5.72. The van der Waals surface area contributed by atoms with Crippen molar-refractivity contribution in [3.8, 4) is 5.75 Å². The number of thiocarbonyl (C=S) groups is 1. The Morgan fingerprint density at radius 1 is 1.00 bits per heavy atom. The minimum atomic E-state index is -0.456. The van der Waals surface area contributed by atoms with Crippen molar-refractivity contribution in [3.05, 3.63) is 58.6 Å². The van der Waals surface area contributed by atoms with E-state index in [4.69, 9.17) is 17.0 Å². The number of benzene rings is 2. The van der Waals surface area contributed by atoms with Crippen LogP contribution in [0.3, 0.4) is 0 Å². The van der Waals surface area contributed by atoms with Crippen LogP contribution in [-0.4, -0.2) is 29.9 Å². The summed E-state index contributed by atoms with van der Waals surface area (Å²) >= 11 is 8.28. The maximum Gasteiger partial charge on any atom is 0.257 e. The van der Waals surface area contributed by atoms with Crippen LogP contribution in [0.15, 0.2) is 53.0 Å². The first-order valence-electron chi connectivity index (χ1n) is 8.47. The SMILES string of the molecule is COc1ccc(C(=O)NC(=S)NNC(=O)CCC(=O)Nc2ccccc2)cc1Br. The molecule has 10 heteroatoms. The molecule has 0 aliphatic rings. The third-order valence-corrected chi connectivity index (χ3v) is 4.42. The lowest BCUT2D eigenvalue weighted by Crippen LogP contribution is -2.48. The van der Waals surface area contributed by atoms with Crippen LogP contribution >= 0.6 is 28.1 Å². The topological polar surface area (TPSA) is 109 Å². The van der Waals surface area contributed by atoms with E-state index in [1.54, 1.807) is 42.5 Å². The van der Waals surface area contributed by atoms with E-state index in [2.05, 4.69) is 37.4 Å². The van der Waals surface area contributed by atoms with Crippen LogP contribution in [0, 0.1) is 0 Å². The van der Waals surface area contributed by atoms with Crippen LogP contribution in [-0.2, 0) is 9.59 Å². The van der Waals surface area contributed by atoms with Crippen LogP contribution in [0.1, 0.15) is 23.2 Å². The fraction of sp³-hybridized carbons (Fsp3) is 0.158. The zero-order valence-corrected chi connectivity index (χ0v) is 17.9. The average molecular weight is 479 g/mol. The van der Waals surface area contributed by atoms with Crippen LogP contribution < -0.4 is 26.2 Å². The normalized spacial score (nSPS) is 9.86. The van der Waals surface area contributed by atoms with E-state index in [9.17, 15) is 14.4 Å². The second kappa shape index (κ2) is 11.1. The predicted molar refractivity (Wildman–Crippen MR) is 116 cm³/mol. The molecule has 8 nitrogen and oxygen atoms in total. The molecule has 29 heavy (non-hydrogen) atoms. The highest BCUT2D eigenvalue weighted by Gasteiger charge is 2.12. The molecule has 2 aromatic carbocycles. The van der Waals surface area contributed by atoms with Crippen molar-refractivity contribution in [2.75, 3.05) is 12.4 Å². The molecule has 0 radical (unpaired) electrons. The monoisotopic (exact) mass is 478 g/mol. The number of para-hydroxylation sites is 1. The molecule has 0 bridgehead atoms. The van der Waals surface area contributed by atoms with Crippen molar-refractivity contribution < 1.29 is 19.1 Å². The number of hydrazine groups is 1. The Morgan fingerprint density at radius 3 is 2.34 bits per heavy atom. The zero-order valence-electron chi connectivity index (χ0n) is 15.5. The lowest BCUT2D eigenvalue weighted by atomic mass is 10.2. The van der Waals surface area contributed by atoms with Crippen LogP contribution in [0.25, 0.3) is 0 Å². The number of hydrogen-bond acceptors (Lipinski definition) is 5. The van der Waals surface area contributed by atoms with E-state index >= 15 is 0 Å². The third-order valence-electron chi connectivity index (χ3n) is 3.59. The first-order chi connectivity index (χ1) is 13.9. The molecule has 0 heterocycles. The molecule has 2 rings (SSSR count). The van der Waals surface area contributed by atoms with E-state index in [0.717, 1.165) is 0 Å². The first-order valence-corrected chi connectivity index (χ1v) is 9.67. The summed E-state index contributed by atoms with van der Waals surface area (Å²) in [6.45, 7) is 0. The zero-order chi connectivity index (χ0) is 21.2. The van der Waals surface area contributed by atoms with Crippen LogP contribution in [0.2, 0.25) is 0 Å². The van der Waals surface area contributed by atoms with E-state index in [-0.39, 0.29) is 23.9 Å². The van der Waals surface area contributed by atoms with Gasteiger partial charge in [0.2, 0.25) is 11.8 Å². The fourth-order valence-electron chi connectivity index (χ4n) is 2.18. The summed E-state index contributed by atoms with van der Waals surface area (Å²) in [5.74, 6) is -0.600. The van der Waals surface area contributed by atoms with Gasteiger partial charge in [-0.15, -0.1) is 0 Å². The van der Waals surface area contributed by atoms with Gasteiger partial charge in [-0.1, -0.05) is 18.2 Å². The largest absolute Gasteiger partial charge is 0.496 e. The summed E-state index contributed by atoms with van der Waals surface area (Å²) in [7, 11) is 1.52. The maximum absolute atomic E-state index is 12.2. The van der Waals surface area contributed by atoms with Gasteiger partial charge in [0.1, 0.15) is 5.75 Å². The van der Waals surface area contributed by atoms with Gasteiger partial charge < -0.3 is 10.1 Å². The van der Waals surface area contributed by atoms with Crippen molar-refractivity contribution in [3.63, 3.8) is 0 Å². The van der Waals surface area contributed by atoms with Gasteiger partial charge in [-0.05, 0) is 58.5 Å². The molecular weight excluding hydrogens is 460 g/mol. The summed E-state index contributed by atoms with van der Waals surface area (Å²) in [5, 5.41) is 5.04.